The normalized spacial score (nSPS) is 15.8. The fourth-order valence-electron chi connectivity index (χ4n) is 5.60. The molecule has 3 aromatic carbocycles. The molecule has 0 heteroatoms. The number of aryl methyl sites for hydroxylation is 2. The summed E-state index contributed by atoms with van der Waals surface area (Å²) in [6, 6.07) is 28.4. The van der Waals surface area contributed by atoms with E-state index in [9.17, 15) is 0 Å². The van der Waals surface area contributed by atoms with Gasteiger partial charge in [-0.1, -0.05) is 169 Å². The van der Waals surface area contributed by atoms with E-state index in [0.29, 0.717) is 5.92 Å². The summed E-state index contributed by atoms with van der Waals surface area (Å²) in [6.07, 6.45) is 6.70. The lowest BCUT2D eigenvalue weighted by atomic mass is 9.77. The van der Waals surface area contributed by atoms with Crippen LogP contribution in [0.25, 0.3) is 0 Å². The Kier molecular flexibility index (Phi) is 24.2. The monoisotopic (exact) mass is 561 g/mol. The van der Waals surface area contributed by atoms with E-state index in [4.69, 9.17) is 0 Å². The van der Waals surface area contributed by atoms with Crippen molar-refractivity contribution in [3.8, 4) is 0 Å². The Labute approximate surface area is 258 Å². The molecule has 0 spiro atoms. The fourth-order valence-corrected chi connectivity index (χ4v) is 5.60. The van der Waals surface area contributed by atoms with Crippen LogP contribution in [0.1, 0.15) is 155 Å². The number of fused-ring (bicyclic) bond motifs is 2. The summed E-state index contributed by atoms with van der Waals surface area (Å²) < 4.78 is 0. The van der Waals surface area contributed by atoms with E-state index >= 15 is 0 Å². The van der Waals surface area contributed by atoms with Gasteiger partial charge in [-0.25, -0.2) is 0 Å². The van der Waals surface area contributed by atoms with Gasteiger partial charge in [-0.2, -0.15) is 0 Å². The summed E-state index contributed by atoms with van der Waals surface area (Å²) in [4.78, 5) is 0. The first-order valence-corrected chi connectivity index (χ1v) is 16.6. The van der Waals surface area contributed by atoms with Crippen LogP contribution in [0.3, 0.4) is 0 Å². The molecule has 0 bridgehead atoms. The summed E-state index contributed by atoms with van der Waals surface area (Å²) in [5.74, 6) is 3.88. The first-order valence-electron chi connectivity index (χ1n) is 16.6. The molecule has 2 atom stereocenters. The van der Waals surface area contributed by atoms with Crippen LogP contribution >= 0.6 is 0 Å². The lowest BCUT2D eigenvalue weighted by molar-refractivity contribution is 0.433. The largest absolute Gasteiger partial charge is 0.0776 e. The lowest BCUT2D eigenvalue weighted by Gasteiger charge is -2.28. The minimum atomic E-state index is 0. The zero-order valence-electron chi connectivity index (χ0n) is 28.4. The Morgan fingerprint density at radius 1 is 0.488 bits per heavy atom. The van der Waals surface area contributed by atoms with Crippen LogP contribution in [0.15, 0.2) is 78.9 Å². The van der Waals surface area contributed by atoms with E-state index in [1.807, 2.05) is 47.6 Å². The topological polar surface area (TPSA) is 0 Å². The highest BCUT2D eigenvalue weighted by Gasteiger charge is 2.24. The Morgan fingerprint density at radius 2 is 0.878 bits per heavy atom. The highest BCUT2D eigenvalue weighted by molar-refractivity contribution is 5.35. The molecule has 0 nitrogen and oxygen atoms in total. The molecule has 3 aromatic rings. The van der Waals surface area contributed by atoms with Crippen LogP contribution in [0.5, 0.6) is 0 Å². The van der Waals surface area contributed by atoms with Gasteiger partial charge in [-0.05, 0) is 89.5 Å². The van der Waals surface area contributed by atoms with Crippen LogP contribution in [-0.4, -0.2) is 0 Å². The second kappa shape index (κ2) is 24.3. The summed E-state index contributed by atoms with van der Waals surface area (Å²) in [6.45, 7) is 25.7. The van der Waals surface area contributed by atoms with E-state index in [1.54, 1.807) is 22.3 Å². The van der Waals surface area contributed by atoms with Crippen LogP contribution in [0.2, 0.25) is 0 Å². The molecule has 2 aliphatic carbocycles. The van der Waals surface area contributed by atoms with Crippen molar-refractivity contribution in [2.75, 3.05) is 0 Å². The Balaban J connectivity index is 0. The van der Waals surface area contributed by atoms with Crippen molar-refractivity contribution in [1.29, 1.82) is 0 Å². The average molecular weight is 561 g/mol. The van der Waals surface area contributed by atoms with Gasteiger partial charge in [0, 0.05) is 0 Å². The maximum Gasteiger partial charge on any atom is -0.0133 e. The van der Waals surface area contributed by atoms with E-state index in [2.05, 4.69) is 114 Å². The van der Waals surface area contributed by atoms with Crippen molar-refractivity contribution in [3.63, 3.8) is 0 Å². The predicted molar refractivity (Wildman–Crippen MR) is 191 cm³/mol. The molecule has 0 amide bonds. The molecule has 0 fully saturated rings. The van der Waals surface area contributed by atoms with Crippen LogP contribution < -0.4 is 0 Å². The summed E-state index contributed by atoms with van der Waals surface area (Å²) in [5, 5.41) is 0. The molecule has 2 aliphatic rings. The third-order valence-electron chi connectivity index (χ3n) is 7.67. The highest BCUT2D eigenvalue weighted by atomic mass is 14.3. The van der Waals surface area contributed by atoms with Crippen molar-refractivity contribution >= 4 is 0 Å². The summed E-state index contributed by atoms with van der Waals surface area (Å²) in [7, 11) is 0. The van der Waals surface area contributed by atoms with Gasteiger partial charge in [0.2, 0.25) is 0 Å². The standard InChI is InChI=1S/C13H18.C12H16.C9H12.3C2H6.CH4/c1-10(2)12-9-5-7-11-6-3-4-8-13(11)12;1-9(2)11-8-7-10-5-3-4-6-12(10)11;1-8(2)9-6-4-3-5-7-9;3*1-2;/h3-4,6,8,10,12H,5,7,9H2,1-2H3;3-6,9,11H,7-8H2,1-2H3;3-8H,1-2H3;3*1-2H3;1H4. The molecule has 0 radical (unpaired) electrons. The van der Waals surface area contributed by atoms with Gasteiger partial charge >= 0.3 is 0 Å². The van der Waals surface area contributed by atoms with Crippen molar-refractivity contribution in [2.24, 2.45) is 11.8 Å². The number of hydrogen-bond donors (Lipinski definition) is 0. The van der Waals surface area contributed by atoms with Crippen molar-refractivity contribution in [2.45, 2.75) is 140 Å². The SMILES string of the molecule is C.CC.CC.CC.CC(C)C1CCCc2ccccc21.CC(C)C1CCc2ccccc21.CC(C)c1ccccc1. The Bertz CT molecular complexity index is 980. The second-order valence-electron chi connectivity index (χ2n) is 11.1. The number of hydrogen-bond acceptors (Lipinski definition) is 0. The van der Waals surface area contributed by atoms with Gasteiger partial charge in [-0.15, -0.1) is 0 Å². The minimum absolute atomic E-state index is 0. The third-order valence-corrected chi connectivity index (χ3v) is 7.67. The molecule has 0 saturated carbocycles. The van der Waals surface area contributed by atoms with Gasteiger partial charge in [0.1, 0.15) is 0 Å². The quantitative estimate of drug-likeness (QED) is 0.299. The zero-order chi connectivity index (χ0) is 30.5. The van der Waals surface area contributed by atoms with Gasteiger partial charge in [0.05, 0.1) is 0 Å². The maximum atomic E-state index is 2.34. The lowest BCUT2D eigenvalue weighted by Crippen LogP contribution is -2.14. The van der Waals surface area contributed by atoms with Crippen molar-refractivity contribution in [1.82, 2.24) is 0 Å². The van der Waals surface area contributed by atoms with Gasteiger partial charge in [-0.3, -0.25) is 0 Å². The number of rotatable bonds is 3. The Hall–Kier alpha value is -2.34. The molecule has 0 saturated heterocycles. The number of benzene rings is 3. The van der Waals surface area contributed by atoms with E-state index < -0.39 is 0 Å². The fraction of sp³-hybridized carbons (Fsp3) is 0.561. The molecule has 0 heterocycles. The third kappa shape index (κ3) is 13.9. The summed E-state index contributed by atoms with van der Waals surface area (Å²) in [5.41, 5.74) is 7.80. The maximum absolute atomic E-state index is 2.34. The molecular weight excluding hydrogens is 492 g/mol. The van der Waals surface area contributed by atoms with Gasteiger partial charge < -0.3 is 0 Å². The van der Waals surface area contributed by atoms with Gasteiger partial charge in [0.15, 0.2) is 0 Å². The average Bonchev–Trinajstić information content (AvgIpc) is 3.46. The van der Waals surface area contributed by atoms with E-state index in [0.717, 1.165) is 23.7 Å². The van der Waals surface area contributed by atoms with Crippen LogP contribution in [-0.2, 0) is 12.8 Å². The smallest absolute Gasteiger partial charge is 0.0133 e. The molecule has 41 heavy (non-hydrogen) atoms. The molecule has 2 unspecified atom stereocenters. The minimum Gasteiger partial charge on any atom is -0.0776 e. The molecule has 232 valence electrons. The van der Waals surface area contributed by atoms with Crippen LogP contribution in [0.4, 0.5) is 0 Å². The first-order chi connectivity index (χ1) is 19.4. The predicted octanol–water partition coefficient (Wildman–Crippen LogP) is 13.7. The molecule has 5 rings (SSSR count). The molecular formula is C41H68. The van der Waals surface area contributed by atoms with E-state index in [-0.39, 0.29) is 7.43 Å². The zero-order valence-corrected chi connectivity index (χ0v) is 28.4. The molecule has 0 N–H and O–H groups in total. The van der Waals surface area contributed by atoms with Crippen molar-refractivity contribution < 1.29 is 0 Å². The second-order valence-corrected chi connectivity index (χ2v) is 11.1. The first kappa shape index (κ1) is 40.8. The molecule has 0 aliphatic heterocycles. The van der Waals surface area contributed by atoms with Gasteiger partial charge in [0.25, 0.3) is 0 Å². The van der Waals surface area contributed by atoms with Crippen LogP contribution in [0, 0.1) is 11.8 Å². The highest BCUT2D eigenvalue weighted by Crippen LogP contribution is 2.38. The van der Waals surface area contributed by atoms with E-state index in [1.165, 1.54) is 37.7 Å². The van der Waals surface area contributed by atoms with Crippen molar-refractivity contribution in [3.05, 3.63) is 107 Å². The summed E-state index contributed by atoms with van der Waals surface area (Å²) >= 11 is 0. The Morgan fingerprint density at radius 3 is 1.29 bits per heavy atom. The molecule has 0 aromatic heterocycles.